The Morgan fingerprint density at radius 2 is 2.00 bits per heavy atom. The van der Waals surface area contributed by atoms with Crippen LogP contribution in [0.5, 0.6) is 0 Å². The van der Waals surface area contributed by atoms with Gasteiger partial charge in [-0.15, -0.1) is 0 Å². The van der Waals surface area contributed by atoms with Crippen molar-refractivity contribution in [2.75, 3.05) is 13.6 Å². The van der Waals surface area contributed by atoms with E-state index in [1.165, 1.54) is 23.8 Å². The van der Waals surface area contributed by atoms with Crippen LogP contribution in [0.15, 0.2) is 36.5 Å². The van der Waals surface area contributed by atoms with E-state index in [0.29, 0.717) is 0 Å². The molecule has 84 valence electrons. The number of unbranched alkanes of at least 4 members (excludes halogenated alkanes) is 1. The minimum Gasteiger partial charge on any atom is -0.320 e. The quantitative estimate of drug-likeness (QED) is 0.774. The van der Waals surface area contributed by atoms with Gasteiger partial charge in [-0.05, 0) is 44.5 Å². The Balaban J connectivity index is 2.11. The number of benzene rings is 1. The number of fused-ring (bicyclic) bond motifs is 1. The summed E-state index contributed by atoms with van der Waals surface area (Å²) in [5.41, 5.74) is 2.53. The van der Waals surface area contributed by atoms with Gasteiger partial charge in [0.05, 0.1) is 5.52 Å². The molecule has 0 saturated heterocycles. The van der Waals surface area contributed by atoms with Gasteiger partial charge >= 0.3 is 0 Å². The van der Waals surface area contributed by atoms with Crippen molar-refractivity contribution in [3.8, 4) is 0 Å². The molecule has 0 bridgehead atoms. The fourth-order valence-electron chi connectivity index (χ4n) is 1.99. The van der Waals surface area contributed by atoms with E-state index in [0.717, 1.165) is 18.5 Å². The number of rotatable bonds is 5. The zero-order chi connectivity index (χ0) is 11.2. The molecule has 2 aromatic rings. The number of pyridine rings is 1. The summed E-state index contributed by atoms with van der Waals surface area (Å²) in [5.74, 6) is 0. The third kappa shape index (κ3) is 2.58. The number of aryl methyl sites for hydroxylation is 1. The lowest BCUT2D eigenvalue weighted by atomic mass is 10.0. The van der Waals surface area contributed by atoms with Crippen molar-refractivity contribution in [3.63, 3.8) is 0 Å². The molecule has 0 unspecified atom stereocenters. The van der Waals surface area contributed by atoms with E-state index in [2.05, 4.69) is 34.6 Å². The lowest BCUT2D eigenvalue weighted by molar-refractivity contribution is 0.678. The molecule has 1 aromatic carbocycles. The van der Waals surface area contributed by atoms with E-state index in [1.54, 1.807) is 0 Å². The molecule has 0 aliphatic rings. The highest BCUT2D eigenvalue weighted by Crippen LogP contribution is 2.17. The third-order valence-corrected chi connectivity index (χ3v) is 2.84. The first kappa shape index (κ1) is 11.1. The zero-order valence-electron chi connectivity index (χ0n) is 9.74. The van der Waals surface area contributed by atoms with Gasteiger partial charge in [-0.2, -0.15) is 0 Å². The average Bonchev–Trinajstić information content (AvgIpc) is 2.35. The van der Waals surface area contributed by atoms with E-state index in [4.69, 9.17) is 0 Å². The van der Waals surface area contributed by atoms with Crippen molar-refractivity contribution >= 4 is 10.9 Å². The number of nitrogens with one attached hydrogen (secondary N) is 1. The van der Waals surface area contributed by atoms with Gasteiger partial charge in [-0.25, -0.2) is 0 Å². The summed E-state index contributed by atoms with van der Waals surface area (Å²) in [5, 5.41) is 4.42. The topological polar surface area (TPSA) is 24.9 Å². The second-order valence-corrected chi connectivity index (χ2v) is 4.05. The molecular weight excluding hydrogens is 196 g/mol. The second kappa shape index (κ2) is 5.61. The molecule has 2 heteroatoms. The molecule has 1 N–H and O–H groups in total. The highest BCUT2D eigenvalue weighted by molar-refractivity contribution is 5.81. The normalized spacial score (nSPS) is 10.8. The Morgan fingerprint density at radius 1 is 1.12 bits per heavy atom. The van der Waals surface area contributed by atoms with E-state index in [1.807, 2.05) is 19.3 Å². The number of para-hydroxylation sites is 1. The van der Waals surface area contributed by atoms with Crippen molar-refractivity contribution in [2.24, 2.45) is 0 Å². The summed E-state index contributed by atoms with van der Waals surface area (Å²) < 4.78 is 0. The largest absolute Gasteiger partial charge is 0.320 e. The highest BCUT2D eigenvalue weighted by atomic mass is 14.8. The van der Waals surface area contributed by atoms with E-state index in [-0.39, 0.29) is 0 Å². The molecule has 0 aliphatic heterocycles. The SMILES string of the molecule is CNCCCCc1cccc2cccnc12. The number of hydrogen-bond donors (Lipinski definition) is 1. The number of nitrogens with zero attached hydrogens (tertiary/aromatic N) is 1. The maximum Gasteiger partial charge on any atom is 0.0733 e. The highest BCUT2D eigenvalue weighted by Gasteiger charge is 2.00. The third-order valence-electron chi connectivity index (χ3n) is 2.84. The lowest BCUT2D eigenvalue weighted by Gasteiger charge is -2.05. The predicted octanol–water partition coefficient (Wildman–Crippen LogP) is 2.78. The van der Waals surface area contributed by atoms with Crippen LogP contribution in [0.3, 0.4) is 0 Å². The van der Waals surface area contributed by atoms with E-state index < -0.39 is 0 Å². The Hall–Kier alpha value is -1.41. The van der Waals surface area contributed by atoms with Crippen LogP contribution in [0.25, 0.3) is 10.9 Å². The van der Waals surface area contributed by atoms with Gasteiger partial charge in [0.1, 0.15) is 0 Å². The maximum atomic E-state index is 4.46. The van der Waals surface area contributed by atoms with Crippen LogP contribution < -0.4 is 5.32 Å². The van der Waals surface area contributed by atoms with Gasteiger partial charge in [-0.3, -0.25) is 4.98 Å². The Labute approximate surface area is 96.7 Å². The molecule has 0 radical (unpaired) electrons. The molecular formula is C14H18N2. The molecule has 2 rings (SSSR count). The molecule has 0 aliphatic carbocycles. The van der Waals surface area contributed by atoms with Crippen molar-refractivity contribution in [3.05, 3.63) is 42.1 Å². The fourth-order valence-corrected chi connectivity index (χ4v) is 1.99. The molecule has 0 amide bonds. The number of aromatic nitrogens is 1. The Morgan fingerprint density at radius 3 is 2.88 bits per heavy atom. The van der Waals surface area contributed by atoms with Crippen LogP contribution in [-0.4, -0.2) is 18.6 Å². The van der Waals surface area contributed by atoms with Crippen LogP contribution in [0.2, 0.25) is 0 Å². The first-order chi connectivity index (χ1) is 7.92. The van der Waals surface area contributed by atoms with Gasteiger partial charge in [0, 0.05) is 11.6 Å². The Kier molecular flexibility index (Phi) is 3.89. The van der Waals surface area contributed by atoms with Crippen LogP contribution in [0, 0.1) is 0 Å². The average molecular weight is 214 g/mol. The van der Waals surface area contributed by atoms with E-state index >= 15 is 0 Å². The minimum atomic E-state index is 1.10. The van der Waals surface area contributed by atoms with Crippen molar-refractivity contribution in [1.29, 1.82) is 0 Å². The van der Waals surface area contributed by atoms with Crippen molar-refractivity contribution in [1.82, 2.24) is 10.3 Å². The molecule has 1 aromatic heterocycles. The fraction of sp³-hybridized carbons (Fsp3) is 0.357. The predicted molar refractivity (Wildman–Crippen MR) is 68.6 cm³/mol. The monoisotopic (exact) mass is 214 g/mol. The van der Waals surface area contributed by atoms with Crippen LogP contribution in [0.1, 0.15) is 18.4 Å². The maximum absolute atomic E-state index is 4.46. The van der Waals surface area contributed by atoms with Gasteiger partial charge in [-0.1, -0.05) is 24.3 Å². The van der Waals surface area contributed by atoms with Gasteiger partial charge in [0.2, 0.25) is 0 Å². The summed E-state index contributed by atoms with van der Waals surface area (Å²) >= 11 is 0. The molecule has 2 nitrogen and oxygen atoms in total. The zero-order valence-corrected chi connectivity index (χ0v) is 9.74. The molecule has 0 fully saturated rings. The molecule has 1 heterocycles. The second-order valence-electron chi connectivity index (χ2n) is 4.05. The first-order valence-corrected chi connectivity index (χ1v) is 5.89. The number of hydrogen-bond acceptors (Lipinski definition) is 2. The summed E-state index contributed by atoms with van der Waals surface area (Å²) in [4.78, 5) is 4.46. The lowest BCUT2D eigenvalue weighted by Crippen LogP contribution is -2.07. The van der Waals surface area contributed by atoms with Gasteiger partial charge < -0.3 is 5.32 Å². The van der Waals surface area contributed by atoms with Crippen LogP contribution in [0.4, 0.5) is 0 Å². The standard InChI is InChI=1S/C14H18N2/c1-15-10-3-2-6-12-7-4-8-13-9-5-11-16-14(12)13/h4-5,7-9,11,15H,2-3,6,10H2,1H3. The summed E-state index contributed by atoms with van der Waals surface area (Å²) in [6.07, 6.45) is 5.44. The Bertz CT molecular complexity index is 446. The first-order valence-electron chi connectivity index (χ1n) is 5.89. The molecule has 0 atom stereocenters. The smallest absolute Gasteiger partial charge is 0.0733 e. The molecule has 0 saturated carbocycles. The molecule has 16 heavy (non-hydrogen) atoms. The van der Waals surface area contributed by atoms with Crippen molar-refractivity contribution < 1.29 is 0 Å². The van der Waals surface area contributed by atoms with Crippen LogP contribution >= 0.6 is 0 Å². The van der Waals surface area contributed by atoms with E-state index in [9.17, 15) is 0 Å². The summed E-state index contributed by atoms with van der Waals surface area (Å²) in [6.45, 7) is 1.10. The summed E-state index contributed by atoms with van der Waals surface area (Å²) in [6, 6.07) is 10.6. The van der Waals surface area contributed by atoms with Crippen LogP contribution in [-0.2, 0) is 6.42 Å². The molecule has 0 spiro atoms. The van der Waals surface area contributed by atoms with Crippen molar-refractivity contribution in [2.45, 2.75) is 19.3 Å². The van der Waals surface area contributed by atoms with Gasteiger partial charge in [0.25, 0.3) is 0 Å². The summed E-state index contributed by atoms with van der Waals surface area (Å²) in [7, 11) is 2.00. The minimum absolute atomic E-state index is 1.10. The van der Waals surface area contributed by atoms with Gasteiger partial charge in [0.15, 0.2) is 0 Å².